The highest BCUT2D eigenvalue weighted by Crippen LogP contribution is 2.39. The molecule has 8 nitrogen and oxygen atoms in total. The average Bonchev–Trinajstić information content (AvgIpc) is 2.66. The van der Waals surface area contributed by atoms with Gasteiger partial charge in [-0.1, -0.05) is 18.2 Å². The van der Waals surface area contributed by atoms with E-state index in [-0.39, 0.29) is 23.2 Å². The lowest BCUT2D eigenvalue weighted by atomic mass is 9.69. The summed E-state index contributed by atoms with van der Waals surface area (Å²) in [5, 5.41) is 12.2. The predicted molar refractivity (Wildman–Crippen MR) is 95.8 cm³/mol. The molecule has 1 saturated carbocycles. The number of fused-ring (bicyclic) bond motifs is 1. The summed E-state index contributed by atoms with van der Waals surface area (Å²) >= 11 is 0. The first-order valence-corrected chi connectivity index (χ1v) is 10.6. The molecule has 1 aliphatic carbocycles. The van der Waals surface area contributed by atoms with E-state index in [9.17, 15) is 23.1 Å². The van der Waals surface area contributed by atoms with Crippen molar-refractivity contribution in [1.29, 1.82) is 0 Å². The maximum atomic E-state index is 12.1. The number of carbonyl (C=O) groups is 2. The van der Waals surface area contributed by atoms with Gasteiger partial charge in [-0.25, -0.2) is 8.42 Å². The highest BCUT2D eigenvalue weighted by Gasteiger charge is 2.38. The molecule has 0 radical (unpaired) electrons. The predicted octanol–water partition coefficient (Wildman–Crippen LogP) is 1.29. The summed E-state index contributed by atoms with van der Waals surface area (Å²) in [5.74, 6) is -0.691. The molecule has 0 amide bonds. The molecule has 0 bridgehead atoms. The van der Waals surface area contributed by atoms with E-state index >= 15 is 0 Å². The van der Waals surface area contributed by atoms with Crippen LogP contribution in [0.25, 0.3) is 0 Å². The van der Waals surface area contributed by atoms with Crippen molar-refractivity contribution in [2.45, 2.75) is 43.0 Å². The van der Waals surface area contributed by atoms with Crippen molar-refractivity contribution in [2.75, 3.05) is 6.54 Å². The Kier molecular flexibility index (Phi) is 6.13. The number of aliphatic carboxylic acids is 1. The standard InChI is InChI=1S/C18H24N2O6S/c21-17(26-20-27(24,25)15-4-2-1-3-5-15)9-12-6-7-13-11-19-16(18(22)23)10-14(13)8-12/h1-5,12-14,16,19-20H,6-11H2,(H,22,23). The summed E-state index contributed by atoms with van der Waals surface area (Å²) in [4.78, 5) is 29.9. The number of hydrogen-bond acceptors (Lipinski definition) is 6. The van der Waals surface area contributed by atoms with Gasteiger partial charge in [-0.3, -0.25) is 9.59 Å². The van der Waals surface area contributed by atoms with Crippen LogP contribution in [0.4, 0.5) is 0 Å². The molecule has 1 aromatic carbocycles. The van der Waals surface area contributed by atoms with Crippen molar-refractivity contribution < 1.29 is 28.0 Å². The monoisotopic (exact) mass is 396 g/mol. The molecule has 148 valence electrons. The second kappa shape index (κ2) is 8.37. The molecule has 1 aromatic rings. The van der Waals surface area contributed by atoms with Gasteiger partial charge in [-0.15, -0.1) is 0 Å². The molecule has 4 atom stereocenters. The molecule has 0 spiro atoms. The van der Waals surface area contributed by atoms with Gasteiger partial charge in [0.25, 0.3) is 10.0 Å². The summed E-state index contributed by atoms with van der Waals surface area (Å²) in [7, 11) is -3.90. The summed E-state index contributed by atoms with van der Waals surface area (Å²) in [6, 6.07) is 7.14. The number of carboxylic acids is 1. The number of benzene rings is 1. The van der Waals surface area contributed by atoms with Crippen molar-refractivity contribution in [1.82, 2.24) is 10.2 Å². The summed E-state index contributed by atoms with van der Waals surface area (Å²) in [6.07, 6.45) is 3.22. The topological polar surface area (TPSA) is 122 Å². The van der Waals surface area contributed by atoms with Crippen LogP contribution in [0, 0.1) is 17.8 Å². The van der Waals surface area contributed by atoms with E-state index in [1.54, 1.807) is 18.2 Å². The van der Waals surface area contributed by atoms with Crippen LogP contribution in [0.5, 0.6) is 0 Å². The van der Waals surface area contributed by atoms with Gasteiger partial charge in [0, 0.05) is 0 Å². The first-order valence-electron chi connectivity index (χ1n) is 9.08. The third kappa shape index (κ3) is 5.06. The van der Waals surface area contributed by atoms with E-state index in [1.165, 1.54) is 12.1 Å². The van der Waals surface area contributed by atoms with Crippen LogP contribution >= 0.6 is 0 Å². The van der Waals surface area contributed by atoms with E-state index in [0.717, 1.165) is 19.3 Å². The molecule has 4 unspecified atom stereocenters. The van der Waals surface area contributed by atoms with Crippen molar-refractivity contribution in [2.24, 2.45) is 17.8 Å². The van der Waals surface area contributed by atoms with Gasteiger partial charge in [0.15, 0.2) is 0 Å². The van der Waals surface area contributed by atoms with Crippen molar-refractivity contribution in [3.63, 3.8) is 0 Å². The Morgan fingerprint density at radius 1 is 1.15 bits per heavy atom. The zero-order valence-electron chi connectivity index (χ0n) is 14.8. The van der Waals surface area contributed by atoms with Gasteiger partial charge in [0.1, 0.15) is 6.04 Å². The normalized spacial score (nSPS) is 28.1. The SMILES string of the molecule is O=C(CC1CCC2CNC(C(=O)O)CC2C1)ONS(=O)(=O)c1ccccc1. The lowest BCUT2D eigenvalue weighted by Crippen LogP contribution is -2.49. The molecule has 2 aliphatic rings. The fraction of sp³-hybridized carbons (Fsp3) is 0.556. The number of rotatable bonds is 6. The van der Waals surface area contributed by atoms with E-state index in [4.69, 9.17) is 4.84 Å². The van der Waals surface area contributed by atoms with E-state index < -0.39 is 28.0 Å². The number of piperidine rings is 1. The van der Waals surface area contributed by atoms with Crippen LogP contribution in [0.3, 0.4) is 0 Å². The number of carbonyl (C=O) groups excluding carboxylic acids is 1. The van der Waals surface area contributed by atoms with Crippen LogP contribution in [-0.2, 0) is 24.4 Å². The molecule has 3 N–H and O–H groups in total. The largest absolute Gasteiger partial charge is 0.480 e. The molecule has 1 saturated heterocycles. The van der Waals surface area contributed by atoms with Gasteiger partial charge in [0.05, 0.1) is 11.3 Å². The molecule has 2 fully saturated rings. The minimum absolute atomic E-state index is 0.0210. The van der Waals surface area contributed by atoms with E-state index in [1.807, 2.05) is 4.89 Å². The lowest BCUT2D eigenvalue weighted by molar-refractivity contribution is -0.149. The number of nitrogens with one attached hydrogen (secondary N) is 2. The molecule has 1 aliphatic heterocycles. The van der Waals surface area contributed by atoms with Crippen LogP contribution in [0.15, 0.2) is 35.2 Å². The quantitative estimate of drug-likeness (QED) is 0.620. The first-order chi connectivity index (χ1) is 12.8. The van der Waals surface area contributed by atoms with Gasteiger partial charge in [0.2, 0.25) is 0 Å². The average molecular weight is 396 g/mol. The van der Waals surface area contributed by atoms with Gasteiger partial charge < -0.3 is 15.3 Å². The van der Waals surface area contributed by atoms with Crippen molar-refractivity contribution in [3.8, 4) is 0 Å². The second-order valence-electron chi connectivity index (χ2n) is 7.31. The maximum Gasteiger partial charge on any atom is 0.326 e. The number of sulfonamides is 1. The maximum absolute atomic E-state index is 12.1. The summed E-state index contributed by atoms with van der Waals surface area (Å²) in [6.45, 7) is 0.690. The number of carboxylic acid groups (broad SMARTS) is 1. The molecule has 9 heteroatoms. The van der Waals surface area contributed by atoms with Crippen LogP contribution in [0.2, 0.25) is 0 Å². The van der Waals surface area contributed by atoms with Gasteiger partial charge >= 0.3 is 11.9 Å². The Morgan fingerprint density at radius 3 is 2.59 bits per heavy atom. The van der Waals surface area contributed by atoms with Crippen LogP contribution < -0.4 is 10.2 Å². The van der Waals surface area contributed by atoms with E-state index in [2.05, 4.69) is 5.32 Å². The Labute approximate surface area is 158 Å². The zero-order valence-corrected chi connectivity index (χ0v) is 15.7. The first kappa shape index (κ1) is 19.8. The fourth-order valence-corrected chi connectivity index (χ4v) is 4.88. The van der Waals surface area contributed by atoms with Gasteiger partial charge in [-0.05, 0) is 67.0 Å². The minimum Gasteiger partial charge on any atom is -0.480 e. The molecule has 0 aromatic heterocycles. The molecular formula is C18H24N2O6S. The molecule has 1 heterocycles. The molecular weight excluding hydrogens is 372 g/mol. The third-order valence-electron chi connectivity index (χ3n) is 5.49. The Bertz CT molecular complexity index is 782. The smallest absolute Gasteiger partial charge is 0.326 e. The highest BCUT2D eigenvalue weighted by atomic mass is 32.2. The summed E-state index contributed by atoms with van der Waals surface area (Å²) in [5.41, 5.74) is 0. The van der Waals surface area contributed by atoms with E-state index in [0.29, 0.717) is 18.9 Å². The minimum atomic E-state index is -3.90. The fourth-order valence-electron chi connectivity index (χ4n) is 4.06. The molecule has 27 heavy (non-hydrogen) atoms. The lowest BCUT2D eigenvalue weighted by Gasteiger charge is -2.41. The van der Waals surface area contributed by atoms with Crippen molar-refractivity contribution in [3.05, 3.63) is 30.3 Å². The Balaban J connectivity index is 1.49. The summed E-state index contributed by atoms with van der Waals surface area (Å²) < 4.78 is 24.1. The third-order valence-corrected chi connectivity index (χ3v) is 6.68. The Morgan fingerprint density at radius 2 is 1.89 bits per heavy atom. The highest BCUT2D eigenvalue weighted by molar-refractivity contribution is 7.89. The molecule has 3 rings (SSSR count). The Hall–Kier alpha value is -1.97. The second-order valence-corrected chi connectivity index (χ2v) is 8.96. The van der Waals surface area contributed by atoms with Crippen LogP contribution in [0.1, 0.15) is 32.1 Å². The zero-order chi connectivity index (χ0) is 19.4. The van der Waals surface area contributed by atoms with Gasteiger partial charge in [-0.2, -0.15) is 0 Å². The van der Waals surface area contributed by atoms with Crippen molar-refractivity contribution >= 4 is 22.0 Å². The van der Waals surface area contributed by atoms with Crippen LogP contribution in [-0.4, -0.2) is 38.0 Å². The number of hydrogen-bond donors (Lipinski definition) is 3.